The normalized spacial score (nSPS) is 15.9. The van der Waals surface area contributed by atoms with Gasteiger partial charge in [-0.05, 0) is 36.8 Å². The average Bonchev–Trinajstić information content (AvgIpc) is 2.80. The van der Waals surface area contributed by atoms with Crippen LogP contribution in [0.25, 0.3) is 0 Å². The lowest BCUT2D eigenvalue weighted by Crippen LogP contribution is -2.49. The maximum Gasteiger partial charge on any atom is 0.243 e. The summed E-state index contributed by atoms with van der Waals surface area (Å²) >= 11 is 10.5. The number of piperazine rings is 1. The highest BCUT2D eigenvalue weighted by molar-refractivity contribution is 8.16. The molecule has 1 aliphatic heterocycles. The quantitative estimate of drug-likeness (QED) is 0.302. The van der Waals surface area contributed by atoms with Gasteiger partial charge in [0.1, 0.15) is 12.4 Å². The zero-order valence-electron chi connectivity index (χ0n) is 21.2. The summed E-state index contributed by atoms with van der Waals surface area (Å²) in [7, 11) is -3.44. The lowest BCUT2D eigenvalue weighted by Gasteiger charge is -2.33. The summed E-state index contributed by atoms with van der Waals surface area (Å²) in [6.07, 6.45) is 0. The van der Waals surface area contributed by atoms with Gasteiger partial charge in [-0.1, -0.05) is 63.1 Å². The van der Waals surface area contributed by atoms with Crippen molar-refractivity contribution in [1.29, 1.82) is 0 Å². The number of hydrogen-bond donors (Lipinski definition) is 0. The van der Waals surface area contributed by atoms with Crippen LogP contribution >= 0.6 is 35.1 Å². The van der Waals surface area contributed by atoms with Gasteiger partial charge in [0.15, 0.2) is 0 Å². The Morgan fingerprint density at radius 2 is 1.54 bits per heavy atom. The molecule has 9 heteroatoms. The molecule has 1 saturated heterocycles. The van der Waals surface area contributed by atoms with E-state index in [4.69, 9.17) is 16.3 Å². The third-order valence-corrected chi connectivity index (χ3v) is 10.7. The van der Waals surface area contributed by atoms with E-state index in [2.05, 4.69) is 38.7 Å². The van der Waals surface area contributed by atoms with E-state index in [-0.39, 0.29) is 0 Å². The molecule has 0 bridgehead atoms. The molecule has 0 spiro atoms. The van der Waals surface area contributed by atoms with Crippen molar-refractivity contribution in [2.24, 2.45) is 0 Å². The maximum absolute atomic E-state index is 12.9. The van der Waals surface area contributed by atoms with Crippen LogP contribution in [0.2, 0.25) is 5.02 Å². The zero-order valence-corrected chi connectivity index (χ0v) is 24.4. The monoisotopic (exact) mass is 556 g/mol. The fraction of sp³-hybridized carbons (Fsp3) is 0.538. The highest BCUT2D eigenvalue weighted by Crippen LogP contribution is 2.45. The van der Waals surface area contributed by atoms with Crippen LogP contribution in [0.15, 0.2) is 47.4 Å². The van der Waals surface area contributed by atoms with E-state index in [1.807, 2.05) is 54.7 Å². The number of hydrogen-bond acceptors (Lipinski definition) is 6. The largest absolute Gasteiger partial charge is 0.491 e. The molecule has 5 nitrogen and oxygen atoms in total. The van der Waals surface area contributed by atoms with Crippen molar-refractivity contribution < 1.29 is 13.2 Å². The molecule has 0 amide bonds. The Hall–Kier alpha value is -0.900. The summed E-state index contributed by atoms with van der Waals surface area (Å²) in [5.74, 6) is 0.693. The Kier molecular flexibility index (Phi) is 10.7. The number of ether oxygens (including phenoxy) is 1. The van der Waals surface area contributed by atoms with E-state index in [1.54, 1.807) is 16.4 Å². The summed E-state index contributed by atoms with van der Waals surface area (Å²) in [6.45, 7) is 14.4. The Morgan fingerprint density at radius 1 is 0.943 bits per heavy atom. The summed E-state index contributed by atoms with van der Waals surface area (Å²) in [4.78, 5) is 2.59. The minimum atomic E-state index is -3.44. The average molecular weight is 557 g/mol. The van der Waals surface area contributed by atoms with Gasteiger partial charge in [0.2, 0.25) is 10.0 Å². The Balaban J connectivity index is 1.50. The molecular formula is C26H37ClN2O3S3. The first-order valence-electron chi connectivity index (χ1n) is 12.1. The first kappa shape index (κ1) is 28.7. The van der Waals surface area contributed by atoms with Crippen molar-refractivity contribution in [3.63, 3.8) is 0 Å². The summed E-state index contributed by atoms with van der Waals surface area (Å²) in [6, 6.07) is 13.2. The second kappa shape index (κ2) is 13.1. The van der Waals surface area contributed by atoms with Gasteiger partial charge in [0, 0.05) is 43.2 Å². The van der Waals surface area contributed by atoms with Crippen molar-refractivity contribution in [3.8, 4) is 5.75 Å². The van der Waals surface area contributed by atoms with Gasteiger partial charge in [0.05, 0.1) is 14.5 Å². The van der Waals surface area contributed by atoms with E-state index in [9.17, 15) is 8.42 Å². The molecule has 0 atom stereocenters. The van der Waals surface area contributed by atoms with Crippen LogP contribution in [-0.4, -0.2) is 67.5 Å². The smallest absolute Gasteiger partial charge is 0.243 e. The lowest BCUT2D eigenvalue weighted by molar-refractivity contribution is 0.159. The topological polar surface area (TPSA) is 49.9 Å². The molecule has 2 aromatic rings. The molecule has 0 radical (unpaired) electrons. The fourth-order valence-corrected chi connectivity index (χ4v) is 8.65. The second-order valence-electron chi connectivity index (χ2n) is 9.30. The zero-order chi connectivity index (χ0) is 25.6. The molecule has 3 rings (SSSR count). The van der Waals surface area contributed by atoms with Crippen LogP contribution in [-0.2, 0) is 10.0 Å². The molecule has 0 aliphatic carbocycles. The Bertz CT molecular complexity index is 1040. The molecule has 194 valence electrons. The van der Waals surface area contributed by atoms with Crippen LogP contribution in [0.5, 0.6) is 5.75 Å². The molecule has 2 aromatic carbocycles. The Morgan fingerprint density at radius 3 is 2.09 bits per heavy atom. The van der Waals surface area contributed by atoms with Gasteiger partial charge in [0.25, 0.3) is 0 Å². The SMILES string of the molecule is Cc1ccc(S(=O)(=O)N2CCN(CCOc3ccc(C(SC(C)C)SC(C)C)cc3Cl)CC2)cc1. The number of thioether (sulfide) groups is 2. The second-order valence-corrected chi connectivity index (χ2v) is 15.3. The van der Waals surface area contributed by atoms with Gasteiger partial charge in [-0.15, -0.1) is 23.5 Å². The number of nitrogens with zero attached hydrogens (tertiary/aromatic N) is 2. The van der Waals surface area contributed by atoms with Crippen LogP contribution in [0.3, 0.4) is 0 Å². The molecular weight excluding hydrogens is 520 g/mol. The minimum absolute atomic E-state index is 0.342. The lowest BCUT2D eigenvalue weighted by atomic mass is 10.2. The van der Waals surface area contributed by atoms with Gasteiger partial charge in [-0.3, -0.25) is 4.90 Å². The van der Waals surface area contributed by atoms with Gasteiger partial charge in [-0.25, -0.2) is 8.42 Å². The molecule has 1 fully saturated rings. The van der Waals surface area contributed by atoms with Crippen LogP contribution in [0.4, 0.5) is 0 Å². The number of sulfonamides is 1. The molecule has 1 heterocycles. The van der Waals surface area contributed by atoms with Crippen molar-refractivity contribution >= 4 is 45.1 Å². The van der Waals surface area contributed by atoms with Crippen molar-refractivity contribution in [2.75, 3.05) is 39.3 Å². The number of benzene rings is 2. The van der Waals surface area contributed by atoms with Crippen LogP contribution in [0.1, 0.15) is 43.4 Å². The van der Waals surface area contributed by atoms with Crippen LogP contribution in [0, 0.1) is 6.92 Å². The predicted octanol–water partition coefficient (Wildman–Crippen LogP) is 6.32. The van der Waals surface area contributed by atoms with Crippen LogP contribution < -0.4 is 4.74 Å². The van der Waals surface area contributed by atoms with Crippen molar-refractivity contribution in [2.45, 2.75) is 54.6 Å². The Labute approximate surface area is 225 Å². The van der Waals surface area contributed by atoms with E-state index in [1.165, 1.54) is 5.56 Å². The molecule has 35 heavy (non-hydrogen) atoms. The third-order valence-electron chi connectivity index (χ3n) is 5.67. The highest BCUT2D eigenvalue weighted by atomic mass is 35.5. The highest BCUT2D eigenvalue weighted by Gasteiger charge is 2.28. The standard InChI is InChI=1S/C26H37ClN2O3S3/c1-19(2)33-26(34-20(3)4)22-8-11-25(24(27)18-22)32-17-16-28-12-14-29(15-13-28)35(30,31)23-9-6-21(5)7-10-23/h6-11,18-20,26H,12-17H2,1-5H3. The fourth-order valence-electron chi connectivity index (χ4n) is 3.80. The number of aryl methyl sites for hydroxylation is 1. The molecule has 0 aromatic heterocycles. The molecule has 1 aliphatic rings. The minimum Gasteiger partial charge on any atom is -0.491 e. The van der Waals surface area contributed by atoms with Gasteiger partial charge in [-0.2, -0.15) is 4.31 Å². The van der Waals surface area contributed by atoms with E-state index in [0.717, 1.165) is 12.1 Å². The van der Waals surface area contributed by atoms with Crippen molar-refractivity contribution in [3.05, 3.63) is 58.6 Å². The van der Waals surface area contributed by atoms with E-state index >= 15 is 0 Å². The first-order chi connectivity index (χ1) is 16.6. The summed E-state index contributed by atoms with van der Waals surface area (Å²) < 4.78 is 33.7. The van der Waals surface area contributed by atoms with Gasteiger partial charge < -0.3 is 4.74 Å². The molecule has 0 saturated carbocycles. The summed E-state index contributed by atoms with van der Waals surface area (Å²) in [5.41, 5.74) is 2.26. The number of rotatable bonds is 11. The third kappa shape index (κ3) is 8.30. The predicted molar refractivity (Wildman–Crippen MR) is 152 cm³/mol. The molecule has 0 N–H and O–H groups in total. The maximum atomic E-state index is 12.9. The van der Waals surface area contributed by atoms with Gasteiger partial charge >= 0.3 is 0 Å². The molecule has 0 unspecified atom stereocenters. The summed E-state index contributed by atoms with van der Waals surface area (Å²) in [5, 5.41) is 1.71. The van der Waals surface area contributed by atoms with E-state index < -0.39 is 10.0 Å². The van der Waals surface area contributed by atoms with Crippen molar-refractivity contribution in [1.82, 2.24) is 9.21 Å². The van der Waals surface area contributed by atoms with E-state index in [0.29, 0.717) is 63.5 Å². The number of halogens is 1. The first-order valence-corrected chi connectivity index (χ1v) is 15.8.